The Morgan fingerprint density at radius 2 is 1.73 bits per heavy atom. The van der Waals surface area contributed by atoms with Gasteiger partial charge in [-0.2, -0.15) is 5.26 Å². The third kappa shape index (κ3) is 4.47. The van der Waals surface area contributed by atoms with Gasteiger partial charge >= 0.3 is 0 Å². The fourth-order valence-electron chi connectivity index (χ4n) is 2.74. The summed E-state index contributed by atoms with van der Waals surface area (Å²) >= 11 is 1.39. The van der Waals surface area contributed by atoms with Crippen molar-refractivity contribution in [3.63, 3.8) is 0 Å². The molecule has 0 amide bonds. The molecule has 3 rings (SSSR count). The summed E-state index contributed by atoms with van der Waals surface area (Å²) in [7, 11) is 6.34. The van der Waals surface area contributed by atoms with E-state index < -0.39 is 0 Å². The maximum absolute atomic E-state index is 9.62. The van der Waals surface area contributed by atoms with Crippen LogP contribution in [0.1, 0.15) is 5.01 Å². The highest BCUT2D eigenvalue weighted by atomic mass is 32.1. The van der Waals surface area contributed by atoms with Gasteiger partial charge in [-0.15, -0.1) is 11.3 Å². The number of ether oxygens (including phenoxy) is 4. The van der Waals surface area contributed by atoms with Crippen LogP contribution in [0, 0.1) is 11.3 Å². The van der Waals surface area contributed by atoms with Crippen LogP contribution in [0.2, 0.25) is 0 Å². The maximum atomic E-state index is 9.62. The van der Waals surface area contributed by atoms with E-state index in [-0.39, 0.29) is 0 Å². The van der Waals surface area contributed by atoms with Gasteiger partial charge in [0.1, 0.15) is 28.1 Å². The number of nitrogens with zero attached hydrogens (tertiary/aromatic N) is 2. The first kappa shape index (κ1) is 21.0. The second kappa shape index (κ2) is 9.67. The number of rotatable bonds is 8. The standard InChI is InChI=1S/C22H21N3O4S/c1-26-16-6-7-17(20(10-16)28-3)24-12-15(11-23)22-25-18(13-30-22)14-5-8-19(27-2)21(9-14)29-4/h5-10,12-13,24H,1-4H3. The van der Waals surface area contributed by atoms with Crippen LogP contribution in [-0.2, 0) is 0 Å². The Kier molecular flexibility index (Phi) is 6.78. The summed E-state index contributed by atoms with van der Waals surface area (Å²) in [5.74, 6) is 2.55. The summed E-state index contributed by atoms with van der Waals surface area (Å²) in [5.41, 5.74) is 2.74. The molecule has 1 N–H and O–H groups in total. The minimum absolute atomic E-state index is 0.407. The van der Waals surface area contributed by atoms with Crippen molar-refractivity contribution in [2.24, 2.45) is 0 Å². The zero-order valence-corrected chi connectivity index (χ0v) is 17.9. The SMILES string of the molecule is COc1ccc(NC=C(C#N)c2nc(-c3ccc(OC)c(OC)c3)cs2)c(OC)c1. The van der Waals surface area contributed by atoms with Gasteiger partial charge in [-0.05, 0) is 30.3 Å². The fraction of sp³-hybridized carbons (Fsp3) is 0.182. The molecule has 0 fully saturated rings. The number of nitrogens with one attached hydrogen (secondary N) is 1. The summed E-state index contributed by atoms with van der Waals surface area (Å²) in [6, 6.07) is 13.2. The minimum Gasteiger partial charge on any atom is -0.497 e. The molecule has 0 unspecified atom stereocenters. The molecule has 8 heteroatoms. The van der Waals surface area contributed by atoms with Crippen molar-refractivity contribution in [2.45, 2.75) is 0 Å². The Balaban J connectivity index is 1.85. The largest absolute Gasteiger partial charge is 0.497 e. The van der Waals surface area contributed by atoms with E-state index in [0.29, 0.717) is 39.3 Å². The number of hydrogen-bond acceptors (Lipinski definition) is 8. The predicted molar refractivity (Wildman–Crippen MR) is 117 cm³/mol. The lowest BCUT2D eigenvalue weighted by molar-refractivity contribution is 0.355. The first-order chi connectivity index (χ1) is 14.6. The van der Waals surface area contributed by atoms with Crippen molar-refractivity contribution in [3.05, 3.63) is 53.0 Å². The number of thiazole rings is 1. The third-order valence-corrected chi connectivity index (χ3v) is 5.19. The van der Waals surface area contributed by atoms with Crippen LogP contribution >= 0.6 is 11.3 Å². The van der Waals surface area contributed by atoms with E-state index >= 15 is 0 Å². The van der Waals surface area contributed by atoms with E-state index in [1.165, 1.54) is 11.3 Å². The molecule has 154 valence electrons. The molecule has 1 aromatic heterocycles. The smallest absolute Gasteiger partial charge is 0.161 e. The first-order valence-corrected chi connectivity index (χ1v) is 9.78. The average molecular weight is 423 g/mol. The van der Waals surface area contributed by atoms with E-state index in [9.17, 15) is 5.26 Å². The van der Waals surface area contributed by atoms with Crippen molar-refractivity contribution >= 4 is 22.6 Å². The Labute approximate surface area is 179 Å². The summed E-state index contributed by atoms with van der Waals surface area (Å²) in [5, 5.41) is 15.2. The van der Waals surface area contributed by atoms with Gasteiger partial charge in [0.05, 0.1) is 39.8 Å². The van der Waals surface area contributed by atoms with Gasteiger partial charge in [0, 0.05) is 23.2 Å². The lowest BCUT2D eigenvalue weighted by Crippen LogP contribution is -1.96. The highest BCUT2D eigenvalue weighted by Crippen LogP contribution is 2.34. The van der Waals surface area contributed by atoms with Gasteiger partial charge in [-0.1, -0.05) is 0 Å². The normalized spacial score (nSPS) is 10.8. The van der Waals surface area contributed by atoms with Crippen LogP contribution in [-0.4, -0.2) is 33.4 Å². The number of benzene rings is 2. The minimum atomic E-state index is 0.407. The first-order valence-electron chi connectivity index (χ1n) is 8.90. The van der Waals surface area contributed by atoms with Crippen LogP contribution in [0.5, 0.6) is 23.0 Å². The quantitative estimate of drug-likeness (QED) is 0.520. The fourth-order valence-corrected chi connectivity index (χ4v) is 3.53. The summed E-state index contributed by atoms with van der Waals surface area (Å²) in [6.45, 7) is 0. The Bertz CT molecular complexity index is 1100. The number of allylic oxidation sites excluding steroid dienone is 1. The van der Waals surface area contributed by atoms with Crippen molar-refractivity contribution in [2.75, 3.05) is 33.8 Å². The molecule has 0 saturated heterocycles. The highest BCUT2D eigenvalue weighted by Gasteiger charge is 2.12. The Morgan fingerprint density at radius 1 is 0.967 bits per heavy atom. The molecule has 2 aromatic carbocycles. The van der Waals surface area contributed by atoms with Crippen LogP contribution in [0.3, 0.4) is 0 Å². The molecule has 0 atom stereocenters. The zero-order chi connectivity index (χ0) is 21.5. The van der Waals surface area contributed by atoms with Gasteiger partial charge in [0.25, 0.3) is 0 Å². The lowest BCUT2D eigenvalue weighted by atomic mass is 10.1. The van der Waals surface area contributed by atoms with E-state index in [1.807, 2.05) is 35.7 Å². The molecule has 3 aromatic rings. The number of methoxy groups -OCH3 is 4. The van der Waals surface area contributed by atoms with E-state index in [0.717, 1.165) is 11.3 Å². The molecule has 7 nitrogen and oxygen atoms in total. The molecule has 0 bridgehead atoms. The summed E-state index contributed by atoms with van der Waals surface area (Å²) < 4.78 is 21.2. The van der Waals surface area contributed by atoms with E-state index in [4.69, 9.17) is 18.9 Å². The number of aromatic nitrogens is 1. The van der Waals surface area contributed by atoms with Crippen LogP contribution in [0.15, 0.2) is 48.0 Å². The molecule has 1 heterocycles. The monoisotopic (exact) mass is 423 g/mol. The number of nitriles is 1. The van der Waals surface area contributed by atoms with Crippen LogP contribution < -0.4 is 24.3 Å². The molecule has 0 radical (unpaired) electrons. The Morgan fingerprint density at radius 3 is 2.40 bits per heavy atom. The van der Waals surface area contributed by atoms with Gasteiger partial charge in [-0.25, -0.2) is 4.98 Å². The van der Waals surface area contributed by atoms with Crippen molar-refractivity contribution in [3.8, 4) is 40.3 Å². The number of hydrogen-bond donors (Lipinski definition) is 1. The summed E-state index contributed by atoms with van der Waals surface area (Å²) in [6.07, 6.45) is 1.61. The lowest BCUT2D eigenvalue weighted by Gasteiger charge is -2.10. The van der Waals surface area contributed by atoms with Gasteiger partial charge in [0.2, 0.25) is 0 Å². The summed E-state index contributed by atoms with van der Waals surface area (Å²) in [4.78, 5) is 4.60. The van der Waals surface area contributed by atoms with Crippen molar-refractivity contribution in [1.29, 1.82) is 5.26 Å². The van der Waals surface area contributed by atoms with Crippen LogP contribution in [0.25, 0.3) is 16.8 Å². The Hall–Kier alpha value is -3.70. The zero-order valence-electron chi connectivity index (χ0n) is 17.1. The topological polar surface area (TPSA) is 85.6 Å². The van der Waals surface area contributed by atoms with Crippen LogP contribution in [0.4, 0.5) is 5.69 Å². The molecule has 0 saturated carbocycles. The predicted octanol–water partition coefficient (Wildman–Crippen LogP) is 4.82. The molecular weight excluding hydrogens is 402 g/mol. The van der Waals surface area contributed by atoms with Gasteiger partial charge < -0.3 is 24.3 Å². The molecular formula is C22H21N3O4S. The van der Waals surface area contributed by atoms with Crippen molar-refractivity contribution < 1.29 is 18.9 Å². The molecule has 0 aliphatic carbocycles. The van der Waals surface area contributed by atoms with Gasteiger partial charge in [0.15, 0.2) is 11.5 Å². The molecule has 30 heavy (non-hydrogen) atoms. The third-order valence-electron chi connectivity index (χ3n) is 4.32. The van der Waals surface area contributed by atoms with Gasteiger partial charge in [-0.3, -0.25) is 0 Å². The van der Waals surface area contributed by atoms with E-state index in [1.54, 1.807) is 40.7 Å². The molecule has 0 spiro atoms. The molecule has 0 aliphatic heterocycles. The maximum Gasteiger partial charge on any atom is 0.161 e. The van der Waals surface area contributed by atoms with Crippen molar-refractivity contribution in [1.82, 2.24) is 4.98 Å². The molecule has 0 aliphatic rings. The number of anilines is 1. The second-order valence-electron chi connectivity index (χ2n) is 5.99. The average Bonchev–Trinajstić information content (AvgIpc) is 3.29. The second-order valence-corrected chi connectivity index (χ2v) is 6.85. The van der Waals surface area contributed by atoms with E-state index in [2.05, 4.69) is 16.4 Å². The highest BCUT2D eigenvalue weighted by molar-refractivity contribution is 7.11.